The third kappa shape index (κ3) is 5.36. The maximum Gasteiger partial charge on any atom is 0.222 e. The van der Waals surface area contributed by atoms with E-state index in [1.165, 1.54) is 0 Å². The molecule has 4 nitrogen and oxygen atoms in total. The van der Waals surface area contributed by atoms with E-state index < -0.39 is 5.60 Å². The Morgan fingerprint density at radius 2 is 1.47 bits per heavy atom. The van der Waals surface area contributed by atoms with Crippen LogP contribution in [0.15, 0.2) is 48.5 Å². The Hall–Kier alpha value is -1.59. The Morgan fingerprint density at radius 3 is 1.90 bits per heavy atom. The summed E-state index contributed by atoms with van der Waals surface area (Å²) in [5.74, 6) is 0.254. The molecule has 162 valence electrons. The molecule has 0 aliphatic carbocycles. The number of halogens is 2. The fraction of sp³-hybridized carbons (Fsp3) is 0.458. The molecule has 2 aromatic rings. The summed E-state index contributed by atoms with van der Waals surface area (Å²) >= 11 is 12.2. The monoisotopic (exact) mass is 448 g/mol. The number of amides is 1. The summed E-state index contributed by atoms with van der Waals surface area (Å²) in [6, 6.07) is 15.0. The van der Waals surface area contributed by atoms with Crippen molar-refractivity contribution in [2.24, 2.45) is 5.92 Å². The molecule has 6 heteroatoms. The standard InChI is InChI=1S/C24H30Cl2N2O2/c1-27(2)23(29)4-3-15-28-16-13-20(14-17-28)24(30,18-5-9-21(25)10-6-18)19-7-11-22(26)12-8-19/h5-12,20,30H,3-4,13-17H2,1-2H3. The second-order valence-corrected chi connectivity index (χ2v) is 9.16. The molecule has 2 aromatic carbocycles. The molecule has 1 saturated heterocycles. The maximum atomic E-state index is 12.0. The number of hydrogen-bond acceptors (Lipinski definition) is 3. The Labute approximate surface area is 189 Å². The van der Waals surface area contributed by atoms with Gasteiger partial charge in [-0.15, -0.1) is 0 Å². The molecule has 1 aliphatic heterocycles. The lowest BCUT2D eigenvalue weighted by atomic mass is 9.72. The molecule has 1 heterocycles. The van der Waals surface area contributed by atoms with E-state index in [2.05, 4.69) is 4.90 Å². The number of likely N-dealkylation sites (tertiary alicyclic amines) is 1. The van der Waals surface area contributed by atoms with Gasteiger partial charge in [0, 0.05) is 30.6 Å². The summed E-state index contributed by atoms with van der Waals surface area (Å²) < 4.78 is 0. The van der Waals surface area contributed by atoms with Crippen LogP contribution in [0.4, 0.5) is 0 Å². The minimum Gasteiger partial charge on any atom is -0.380 e. The molecule has 0 aromatic heterocycles. The smallest absolute Gasteiger partial charge is 0.222 e. The average molecular weight is 449 g/mol. The van der Waals surface area contributed by atoms with Crippen LogP contribution in [-0.4, -0.2) is 54.5 Å². The lowest BCUT2D eigenvalue weighted by molar-refractivity contribution is -0.128. The van der Waals surface area contributed by atoms with Gasteiger partial charge in [-0.3, -0.25) is 4.79 Å². The van der Waals surface area contributed by atoms with Crippen molar-refractivity contribution < 1.29 is 9.90 Å². The molecule has 0 unspecified atom stereocenters. The van der Waals surface area contributed by atoms with E-state index in [0.29, 0.717) is 16.5 Å². The molecule has 0 saturated carbocycles. The van der Waals surface area contributed by atoms with Gasteiger partial charge >= 0.3 is 0 Å². The van der Waals surface area contributed by atoms with Crippen molar-refractivity contribution >= 4 is 29.1 Å². The molecule has 30 heavy (non-hydrogen) atoms. The van der Waals surface area contributed by atoms with Crippen molar-refractivity contribution in [2.45, 2.75) is 31.3 Å². The van der Waals surface area contributed by atoms with E-state index in [-0.39, 0.29) is 11.8 Å². The van der Waals surface area contributed by atoms with Gasteiger partial charge in [0.1, 0.15) is 5.60 Å². The van der Waals surface area contributed by atoms with Crippen molar-refractivity contribution in [2.75, 3.05) is 33.7 Å². The number of carbonyl (C=O) groups is 1. The molecular formula is C24H30Cl2N2O2. The predicted molar refractivity (Wildman–Crippen MR) is 123 cm³/mol. The van der Waals surface area contributed by atoms with Gasteiger partial charge in [0.2, 0.25) is 5.91 Å². The number of rotatable bonds is 7. The zero-order valence-corrected chi connectivity index (χ0v) is 19.2. The van der Waals surface area contributed by atoms with Crippen LogP contribution in [-0.2, 0) is 10.4 Å². The number of aliphatic hydroxyl groups is 1. The Kier molecular flexibility index (Phi) is 7.81. The Balaban J connectivity index is 1.72. The summed E-state index contributed by atoms with van der Waals surface area (Å²) in [5.41, 5.74) is 0.607. The van der Waals surface area contributed by atoms with Gasteiger partial charge in [-0.1, -0.05) is 47.5 Å². The molecule has 1 fully saturated rings. The highest BCUT2D eigenvalue weighted by atomic mass is 35.5. The van der Waals surface area contributed by atoms with Gasteiger partial charge in [-0.25, -0.2) is 0 Å². The van der Waals surface area contributed by atoms with E-state index in [1.54, 1.807) is 19.0 Å². The van der Waals surface area contributed by atoms with Gasteiger partial charge in [0.25, 0.3) is 0 Å². The molecule has 1 amide bonds. The molecular weight excluding hydrogens is 419 g/mol. The van der Waals surface area contributed by atoms with Crippen molar-refractivity contribution in [1.82, 2.24) is 9.80 Å². The van der Waals surface area contributed by atoms with Crippen LogP contribution in [0.3, 0.4) is 0 Å². The van der Waals surface area contributed by atoms with E-state index in [0.717, 1.165) is 50.0 Å². The highest BCUT2D eigenvalue weighted by molar-refractivity contribution is 6.30. The lowest BCUT2D eigenvalue weighted by Gasteiger charge is -2.42. The van der Waals surface area contributed by atoms with Crippen LogP contribution in [0.25, 0.3) is 0 Å². The van der Waals surface area contributed by atoms with Crippen molar-refractivity contribution in [1.29, 1.82) is 0 Å². The van der Waals surface area contributed by atoms with E-state index in [9.17, 15) is 9.90 Å². The number of benzene rings is 2. The number of piperidine rings is 1. The molecule has 0 spiro atoms. The minimum atomic E-state index is -1.10. The first-order valence-corrected chi connectivity index (χ1v) is 11.2. The average Bonchev–Trinajstić information content (AvgIpc) is 2.74. The minimum absolute atomic E-state index is 0.0829. The van der Waals surface area contributed by atoms with E-state index >= 15 is 0 Å². The fourth-order valence-corrected chi connectivity index (χ4v) is 4.55. The topological polar surface area (TPSA) is 43.8 Å². The summed E-state index contributed by atoms with van der Waals surface area (Å²) in [6.45, 7) is 2.72. The summed E-state index contributed by atoms with van der Waals surface area (Å²) in [6.07, 6.45) is 3.19. The molecule has 1 N–H and O–H groups in total. The SMILES string of the molecule is CN(C)C(=O)CCCN1CCC(C(O)(c2ccc(Cl)cc2)c2ccc(Cl)cc2)CC1. The van der Waals surface area contributed by atoms with Gasteiger partial charge in [0.05, 0.1) is 0 Å². The molecule has 3 rings (SSSR count). The summed E-state index contributed by atoms with van der Waals surface area (Å²) in [7, 11) is 3.59. The first-order chi connectivity index (χ1) is 14.3. The van der Waals surface area contributed by atoms with Crippen molar-refractivity contribution in [3.63, 3.8) is 0 Å². The van der Waals surface area contributed by atoms with Gasteiger partial charge < -0.3 is 14.9 Å². The summed E-state index contributed by atoms with van der Waals surface area (Å²) in [4.78, 5) is 15.8. The highest BCUT2D eigenvalue weighted by Crippen LogP contribution is 2.42. The predicted octanol–water partition coefficient (Wildman–Crippen LogP) is 4.81. The highest BCUT2D eigenvalue weighted by Gasteiger charge is 2.41. The molecule has 1 aliphatic rings. The lowest BCUT2D eigenvalue weighted by Crippen LogP contribution is -2.44. The number of carbonyl (C=O) groups excluding carboxylic acids is 1. The number of nitrogens with zero attached hydrogens (tertiary/aromatic N) is 2. The van der Waals surface area contributed by atoms with Crippen LogP contribution in [0.2, 0.25) is 10.0 Å². The zero-order chi connectivity index (χ0) is 21.7. The van der Waals surface area contributed by atoms with Crippen molar-refractivity contribution in [3.05, 3.63) is 69.7 Å². The molecule has 0 radical (unpaired) electrons. The van der Waals surface area contributed by atoms with Crippen LogP contribution in [0.1, 0.15) is 36.8 Å². The first kappa shape index (κ1) is 23.1. The van der Waals surface area contributed by atoms with Crippen LogP contribution in [0, 0.1) is 5.92 Å². The second kappa shape index (κ2) is 10.1. The van der Waals surface area contributed by atoms with Gasteiger partial charge in [-0.05, 0) is 80.2 Å². The van der Waals surface area contributed by atoms with E-state index in [1.807, 2.05) is 48.5 Å². The molecule has 0 atom stereocenters. The van der Waals surface area contributed by atoms with Crippen molar-refractivity contribution in [3.8, 4) is 0 Å². The quantitative estimate of drug-likeness (QED) is 0.660. The largest absolute Gasteiger partial charge is 0.380 e. The normalized spacial score (nSPS) is 15.9. The summed E-state index contributed by atoms with van der Waals surface area (Å²) in [5, 5.41) is 13.3. The molecule has 0 bridgehead atoms. The van der Waals surface area contributed by atoms with Crippen LogP contribution < -0.4 is 0 Å². The maximum absolute atomic E-state index is 12.0. The zero-order valence-electron chi connectivity index (χ0n) is 17.7. The third-order valence-electron chi connectivity index (χ3n) is 6.11. The Bertz CT molecular complexity index is 784. The van der Waals surface area contributed by atoms with Gasteiger partial charge in [-0.2, -0.15) is 0 Å². The Morgan fingerprint density at radius 1 is 1.00 bits per heavy atom. The second-order valence-electron chi connectivity index (χ2n) is 8.29. The van der Waals surface area contributed by atoms with Crippen LogP contribution in [0.5, 0.6) is 0 Å². The van der Waals surface area contributed by atoms with Gasteiger partial charge in [0.15, 0.2) is 0 Å². The fourth-order valence-electron chi connectivity index (χ4n) is 4.30. The number of hydrogen-bond donors (Lipinski definition) is 1. The third-order valence-corrected chi connectivity index (χ3v) is 6.61. The van der Waals surface area contributed by atoms with E-state index in [4.69, 9.17) is 23.2 Å². The first-order valence-electron chi connectivity index (χ1n) is 10.5. The van der Waals surface area contributed by atoms with Crippen LogP contribution >= 0.6 is 23.2 Å².